The van der Waals surface area contributed by atoms with Crippen LogP contribution in [0.1, 0.15) is 0 Å². The van der Waals surface area contributed by atoms with Crippen LogP contribution in [0.25, 0.3) is 10.9 Å². The van der Waals surface area contributed by atoms with Crippen molar-refractivity contribution in [2.45, 2.75) is 9.79 Å². The number of nitrogens with one attached hydrogen (secondary N) is 1. The molecule has 2 N–H and O–H groups in total. The van der Waals surface area contributed by atoms with Crippen LogP contribution in [0.4, 0.5) is 4.39 Å². The first-order valence-corrected chi connectivity index (χ1v) is 8.27. The molecule has 0 amide bonds. The Morgan fingerprint density at radius 2 is 1.88 bits per heavy atom. The Kier molecular flexibility index (Phi) is 3.69. The van der Waals surface area contributed by atoms with Gasteiger partial charge in [-0.25, -0.2) is 17.6 Å². The highest BCUT2D eigenvalue weighted by molar-refractivity contribution is 7.91. The SMILES string of the molecule is O=c1[nH]c2c(S(=O)(=O)c3cccc(F)c3)ccc(Cl)c2c(=O)n1O. The number of hydrogen-bond donors (Lipinski definition) is 2. The van der Waals surface area contributed by atoms with Gasteiger partial charge >= 0.3 is 5.69 Å². The Morgan fingerprint density at radius 1 is 1.17 bits per heavy atom. The Bertz CT molecular complexity index is 1200. The number of fused-ring (bicyclic) bond motifs is 1. The first-order chi connectivity index (χ1) is 11.2. The van der Waals surface area contributed by atoms with Crippen LogP contribution in [0.5, 0.6) is 0 Å². The van der Waals surface area contributed by atoms with Crippen LogP contribution in [-0.2, 0) is 9.84 Å². The lowest BCUT2D eigenvalue weighted by molar-refractivity contribution is 0.162. The quantitative estimate of drug-likeness (QED) is 0.665. The summed E-state index contributed by atoms with van der Waals surface area (Å²) in [6, 6.07) is 6.48. The summed E-state index contributed by atoms with van der Waals surface area (Å²) in [5, 5.41) is 8.84. The third-order valence-corrected chi connectivity index (χ3v) is 5.45. The van der Waals surface area contributed by atoms with E-state index in [2.05, 4.69) is 4.98 Å². The predicted molar refractivity (Wildman–Crippen MR) is 82.9 cm³/mol. The van der Waals surface area contributed by atoms with Gasteiger partial charge in [-0.3, -0.25) is 4.79 Å². The molecule has 0 aliphatic rings. The number of nitrogens with zero attached hydrogens (tertiary/aromatic N) is 1. The average Bonchev–Trinajstić information content (AvgIpc) is 2.52. The molecule has 3 aromatic rings. The molecule has 0 spiro atoms. The van der Waals surface area contributed by atoms with Crippen molar-refractivity contribution in [3.8, 4) is 0 Å². The number of aromatic amines is 1. The summed E-state index contributed by atoms with van der Waals surface area (Å²) in [5.41, 5.74) is -2.77. The zero-order valence-electron chi connectivity index (χ0n) is 11.7. The van der Waals surface area contributed by atoms with Crippen LogP contribution in [0.15, 0.2) is 55.8 Å². The van der Waals surface area contributed by atoms with Crippen LogP contribution >= 0.6 is 11.6 Å². The molecule has 0 saturated heterocycles. The Hall–Kier alpha value is -2.65. The maximum absolute atomic E-state index is 13.3. The molecule has 0 atom stereocenters. The van der Waals surface area contributed by atoms with Gasteiger partial charge in [0, 0.05) is 0 Å². The highest BCUT2D eigenvalue weighted by Crippen LogP contribution is 2.29. The largest absolute Gasteiger partial charge is 0.421 e. The molecule has 0 aliphatic heterocycles. The van der Waals surface area contributed by atoms with E-state index in [1.165, 1.54) is 12.1 Å². The summed E-state index contributed by atoms with van der Waals surface area (Å²) in [5.74, 6) is -0.763. The standard InChI is InChI=1S/C14H8ClFN2O5S/c15-9-4-5-10(12-11(9)13(19)18(21)14(20)17-12)24(22,23)8-3-1-2-7(16)6-8/h1-6,21H,(H,17,20). The molecule has 0 unspecified atom stereocenters. The molecule has 0 fully saturated rings. The van der Waals surface area contributed by atoms with Crippen LogP contribution in [0.3, 0.4) is 0 Å². The van der Waals surface area contributed by atoms with Crippen molar-refractivity contribution in [3.63, 3.8) is 0 Å². The molecule has 0 aliphatic carbocycles. The average molecular weight is 371 g/mol. The molecule has 24 heavy (non-hydrogen) atoms. The Labute approximate surface area is 138 Å². The Morgan fingerprint density at radius 3 is 2.54 bits per heavy atom. The van der Waals surface area contributed by atoms with Crippen molar-refractivity contribution >= 4 is 32.3 Å². The number of benzene rings is 2. The second-order valence-corrected chi connectivity index (χ2v) is 7.13. The van der Waals surface area contributed by atoms with E-state index < -0.39 is 31.8 Å². The molecular weight excluding hydrogens is 363 g/mol. The summed E-state index contributed by atoms with van der Waals surface area (Å²) >= 11 is 5.88. The van der Waals surface area contributed by atoms with Gasteiger partial charge in [-0.2, -0.15) is 0 Å². The van der Waals surface area contributed by atoms with Crippen molar-refractivity contribution in [1.29, 1.82) is 0 Å². The maximum Gasteiger partial charge on any atom is 0.362 e. The van der Waals surface area contributed by atoms with Crippen LogP contribution in [-0.4, -0.2) is 23.3 Å². The minimum absolute atomic E-state index is 0.160. The second-order valence-electron chi connectivity index (χ2n) is 4.80. The monoisotopic (exact) mass is 370 g/mol. The van der Waals surface area contributed by atoms with E-state index in [1.807, 2.05) is 0 Å². The van der Waals surface area contributed by atoms with Gasteiger partial charge in [0.15, 0.2) is 0 Å². The lowest BCUT2D eigenvalue weighted by atomic mass is 10.2. The third kappa shape index (κ3) is 2.38. The smallest absolute Gasteiger partial charge is 0.362 e. The normalized spacial score (nSPS) is 11.8. The van der Waals surface area contributed by atoms with Gasteiger partial charge < -0.3 is 10.2 Å². The van der Waals surface area contributed by atoms with E-state index in [-0.39, 0.29) is 25.6 Å². The van der Waals surface area contributed by atoms with Crippen LogP contribution < -0.4 is 11.2 Å². The lowest BCUT2D eigenvalue weighted by Crippen LogP contribution is -2.33. The number of halogens is 2. The Balaban J connectivity index is 2.46. The number of rotatable bonds is 2. The van der Waals surface area contributed by atoms with Gasteiger partial charge in [0.2, 0.25) is 9.84 Å². The highest BCUT2D eigenvalue weighted by atomic mass is 35.5. The van der Waals surface area contributed by atoms with E-state index in [0.717, 1.165) is 24.3 Å². The van der Waals surface area contributed by atoms with Crippen molar-refractivity contribution in [2.24, 2.45) is 0 Å². The molecule has 124 valence electrons. The minimum atomic E-state index is -4.25. The lowest BCUT2D eigenvalue weighted by Gasteiger charge is -2.09. The molecule has 10 heteroatoms. The zero-order valence-corrected chi connectivity index (χ0v) is 13.2. The van der Waals surface area contributed by atoms with Gasteiger partial charge in [0.25, 0.3) is 5.56 Å². The van der Waals surface area contributed by atoms with Crippen molar-refractivity contribution in [3.05, 3.63) is 68.1 Å². The highest BCUT2D eigenvalue weighted by Gasteiger charge is 2.24. The number of aromatic nitrogens is 2. The van der Waals surface area contributed by atoms with Gasteiger partial charge in [-0.05, 0) is 30.3 Å². The summed E-state index contributed by atoms with van der Waals surface area (Å²) < 4.78 is 38.6. The first-order valence-electron chi connectivity index (χ1n) is 6.41. The molecule has 0 radical (unpaired) electrons. The van der Waals surface area contributed by atoms with Gasteiger partial charge in [-0.1, -0.05) is 22.4 Å². The van der Waals surface area contributed by atoms with Crippen molar-refractivity contribution in [1.82, 2.24) is 9.71 Å². The van der Waals surface area contributed by atoms with E-state index in [0.29, 0.717) is 0 Å². The molecule has 2 aromatic carbocycles. The molecule has 7 nitrogen and oxygen atoms in total. The zero-order chi connectivity index (χ0) is 17.6. The molecule has 0 bridgehead atoms. The predicted octanol–water partition coefficient (Wildman–Crippen LogP) is 1.55. The first kappa shape index (κ1) is 16.2. The molecule has 0 saturated carbocycles. The van der Waals surface area contributed by atoms with Crippen molar-refractivity contribution in [2.75, 3.05) is 0 Å². The van der Waals surface area contributed by atoms with E-state index in [4.69, 9.17) is 11.6 Å². The summed E-state index contributed by atoms with van der Waals surface area (Å²) in [7, 11) is -4.25. The maximum atomic E-state index is 13.3. The number of hydrogen-bond acceptors (Lipinski definition) is 5. The molecular formula is C14H8ClFN2O5S. The third-order valence-electron chi connectivity index (χ3n) is 3.34. The molecule has 1 aromatic heterocycles. The van der Waals surface area contributed by atoms with Crippen molar-refractivity contribution < 1.29 is 18.0 Å². The summed E-state index contributed by atoms with van der Waals surface area (Å²) in [6.45, 7) is 0. The van der Waals surface area contributed by atoms with Gasteiger partial charge in [0.1, 0.15) is 5.82 Å². The second kappa shape index (κ2) is 5.46. The van der Waals surface area contributed by atoms with E-state index in [9.17, 15) is 27.6 Å². The number of H-pyrrole nitrogens is 1. The topological polar surface area (TPSA) is 109 Å². The summed E-state index contributed by atoms with van der Waals surface area (Å²) in [4.78, 5) is 24.9. The van der Waals surface area contributed by atoms with E-state index in [1.54, 1.807) is 0 Å². The summed E-state index contributed by atoms with van der Waals surface area (Å²) in [6.07, 6.45) is 0. The van der Waals surface area contributed by atoms with Crippen LogP contribution in [0.2, 0.25) is 5.02 Å². The molecule has 3 rings (SSSR count). The van der Waals surface area contributed by atoms with E-state index >= 15 is 0 Å². The minimum Gasteiger partial charge on any atom is -0.421 e. The van der Waals surface area contributed by atoms with Gasteiger partial charge in [0.05, 0.1) is 25.7 Å². The van der Waals surface area contributed by atoms with Crippen LogP contribution in [0, 0.1) is 5.82 Å². The fourth-order valence-electron chi connectivity index (χ4n) is 2.23. The molecule has 1 heterocycles. The fraction of sp³-hybridized carbons (Fsp3) is 0. The number of sulfone groups is 1. The fourth-order valence-corrected chi connectivity index (χ4v) is 3.92. The van der Waals surface area contributed by atoms with Gasteiger partial charge in [-0.15, -0.1) is 0 Å².